The maximum Gasteiger partial charge on any atom is 0.256 e. The third-order valence-corrected chi connectivity index (χ3v) is 4.07. The van der Waals surface area contributed by atoms with Gasteiger partial charge < -0.3 is 14.5 Å². The van der Waals surface area contributed by atoms with Gasteiger partial charge in [-0.25, -0.2) is 0 Å². The SMILES string of the molecule is C=CCOc1cc(C(=O)Nc2c(C)nn(CC)c2C)cc2occc12. The number of furan rings is 1. The number of benzene rings is 1. The smallest absolute Gasteiger partial charge is 0.256 e. The van der Waals surface area contributed by atoms with E-state index in [1.54, 1.807) is 24.5 Å². The summed E-state index contributed by atoms with van der Waals surface area (Å²) in [4.78, 5) is 12.7. The molecule has 3 aromatic rings. The zero-order valence-electron chi connectivity index (χ0n) is 14.6. The van der Waals surface area contributed by atoms with E-state index in [0.29, 0.717) is 23.5 Å². The number of aromatic nitrogens is 2. The van der Waals surface area contributed by atoms with Crippen molar-refractivity contribution in [2.45, 2.75) is 27.3 Å². The first-order valence-corrected chi connectivity index (χ1v) is 8.15. The molecule has 0 aliphatic heterocycles. The van der Waals surface area contributed by atoms with Gasteiger partial charge in [-0.3, -0.25) is 9.48 Å². The van der Waals surface area contributed by atoms with Crippen LogP contribution in [0.3, 0.4) is 0 Å². The molecule has 25 heavy (non-hydrogen) atoms. The predicted octanol–water partition coefficient (Wildman–Crippen LogP) is 4.08. The molecule has 1 N–H and O–H groups in total. The molecule has 0 radical (unpaired) electrons. The monoisotopic (exact) mass is 339 g/mol. The van der Waals surface area contributed by atoms with Crippen LogP contribution < -0.4 is 10.1 Å². The highest BCUT2D eigenvalue weighted by Crippen LogP contribution is 2.29. The van der Waals surface area contributed by atoms with Crippen molar-refractivity contribution >= 4 is 22.6 Å². The van der Waals surface area contributed by atoms with Gasteiger partial charge in [0.05, 0.1) is 28.7 Å². The first-order valence-electron chi connectivity index (χ1n) is 8.15. The van der Waals surface area contributed by atoms with Crippen LogP contribution in [0.15, 0.2) is 41.5 Å². The third kappa shape index (κ3) is 3.15. The molecule has 0 unspecified atom stereocenters. The highest BCUT2D eigenvalue weighted by Gasteiger charge is 2.17. The van der Waals surface area contributed by atoms with Crippen molar-refractivity contribution in [3.05, 3.63) is 54.1 Å². The van der Waals surface area contributed by atoms with E-state index in [-0.39, 0.29) is 5.91 Å². The molecule has 0 aliphatic carbocycles. The molecule has 0 aliphatic rings. The molecule has 0 saturated heterocycles. The average Bonchev–Trinajstić information content (AvgIpc) is 3.18. The Morgan fingerprint density at radius 3 is 2.92 bits per heavy atom. The molecule has 130 valence electrons. The second kappa shape index (κ2) is 6.84. The summed E-state index contributed by atoms with van der Waals surface area (Å²) < 4.78 is 13.0. The van der Waals surface area contributed by atoms with E-state index in [0.717, 1.165) is 29.0 Å². The van der Waals surface area contributed by atoms with E-state index >= 15 is 0 Å². The van der Waals surface area contributed by atoms with Gasteiger partial charge in [-0.1, -0.05) is 12.7 Å². The number of ether oxygens (including phenoxy) is 1. The number of carbonyl (C=O) groups excluding carboxylic acids is 1. The molecule has 1 aromatic carbocycles. The Morgan fingerprint density at radius 2 is 2.24 bits per heavy atom. The number of rotatable bonds is 6. The van der Waals surface area contributed by atoms with Crippen molar-refractivity contribution < 1.29 is 13.9 Å². The lowest BCUT2D eigenvalue weighted by atomic mass is 10.1. The molecule has 0 fully saturated rings. The van der Waals surface area contributed by atoms with Gasteiger partial charge in [-0.15, -0.1) is 0 Å². The number of carbonyl (C=O) groups is 1. The van der Waals surface area contributed by atoms with Crippen LogP contribution in [0.1, 0.15) is 28.7 Å². The van der Waals surface area contributed by atoms with Crippen LogP contribution in [0.5, 0.6) is 5.75 Å². The summed E-state index contributed by atoms with van der Waals surface area (Å²) >= 11 is 0. The summed E-state index contributed by atoms with van der Waals surface area (Å²) in [6.45, 7) is 10.6. The van der Waals surface area contributed by atoms with Crippen LogP contribution in [0.4, 0.5) is 5.69 Å². The number of aryl methyl sites for hydroxylation is 2. The second-order valence-corrected chi connectivity index (χ2v) is 5.72. The van der Waals surface area contributed by atoms with Crippen molar-refractivity contribution in [3.8, 4) is 5.75 Å². The first kappa shape index (κ1) is 16.8. The lowest BCUT2D eigenvalue weighted by molar-refractivity contribution is 0.102. The Morgan fingerprint density at radius 1 is 1.44 bits per heavy atom. The maximum atomic E-state index is 12.7. The largest absolute Gasteiger partial charge is 0.489 e. The van der Waals surface area contributed by atoms with E-state index < -0.39 is 0 Å². The minimum Gasteiger partial charge on any atom is -0.489 e. The molecule has 1 amide bonds. The number of hydrogen-bond donors (Lipinski definition) is 1. The number of hydrogen-bond acceptors (Lipinski definition) is 4. The Balaban J connectivity index is 1.94. The van der Waals surface area contributed by atoms with Crippen LogP contribution in [-0.2, 0) is 6.54 Å². The van der Waals surface area contributed by atoms with E-state index in [2.05, 4.69) is 17.0 Å². The summed E-state index contributed by atoms with van der Waals surface area (Å²) in [6.07, 6.45) is 3.23. The quantitative estimate of drug-likeness (QED) is 0.687. The van der Waals surface area contributed by atoms with Gasteiger partial charge in [-0.2, -0.15) is 5.10 Å². The summed E-state index contributed by atoms with van der Waals surface area (Å²) in [7, 11) is 0. The van der Waals surface area contributed by atoms with Gasteiger partial charge in [-0.05, 0) is 39.0 Å². The van der Waals surface area contributed by atoms with Gasteiger partial charge in [0.2, 0.25) is 0 Å². The average molecular weight is 339 g/mol. The number of nitrogens with one attached hydrogen (secondary N) is 1. The van der Waals surface area contributed by atoms with Gasteiger partial charge >= 0.3 is 0 Å². The summed E-state index contributed by atoms with van der Waals surface area (Å²) in [5.74, 6) is 0.359. The van der Waals surface area contributed by atoms with Gasteiger partial charge in [0.1, 0.15) is 17.9 Å². The minimum absolute atomic E-state index is 0.233. The fourth-order valence-electron chi connectivity index (χ4n) is 2.81. The lowest BCUT2D eigenvalue weighted by Gasteiger charge is -2.09. The van der Waals surface area contributed by atoms with Crippen LogP contribution in [0, 0.1) is 13.8 Å². The summed E-state index contributed by atoms with van der Waals surface area (Å²) in [5.41, 5.74) is 3.51. The Labute approximate surface area is 146 Å². The standard InChI is InChI=1S/C19H21N3O3/c1-5-8-24-16-10-14(11-17-15(16)7-9-25-17)19(23)20-18-12(3)21-22(6-2)13(18)4/h5,7,9-11H,1,6,8H2,2-4H3,(H,20,23). The minimum atomic E-state index is -0.233. The highest BCUT2D eigenvalue weighted by molar-refractivity contribution is 6.07. The number of amides is 1. The van der Waals surface area contributed by atoms with Crippen LogP contribution in [0.25, 0.3) is 11.0 Å². The Bertz CT molecular complexity index is 937. The molecular weight excluding hydrogens is 318 g/mol. The second-order valence-electron chi connectivity index (χ2n) is 5.72. The molecule has 2 aromatic heterocycles. The van der Waals surface area contributed by atoms with Crippen molar-refractivity contribution in [1.82, 2.24) is 9.78 Å². The highest BCUT2D eigenvalue weighted by atomic mass is 16.5. The topological polar surface area (TPSA) is 69.3 Å². The van der Waals surface area contributed by atoms with E-state index in [9.17, 15) is 4.79 Å². The van der Waals surface area contributed by atoms with Crippen LogP contribution in [-0.4, -0.2) is 22.3 Å². The molecule has 3 rings (SSSR count). The van der Waals surface area contributed by atoms with Crippen molar-refractivity contribution in [3.63, 3.8) is 0 Å². The van der Waals surface area contributed by atoms with E-state index in [1.165, 1.54) is 0 Å². The molecule has 0 bridgehead atoms. The van der Waals surface area contributed by atoms with Crippen LogP contribution in [0.2, 0.25) is 0 Å². The molecule has 0 spiro atoms. The van der Waals surface area contributed by atoms with Gasteiger partial charge in [0.15, 0.2) is 0 Å². The summed E-state index contributed by atoms with van der Waals surface area (Å²) in [6, 6.07) is 5.24. The van der Waals surface area contributed by atoms with Crippen molar-refractivity contribution in [2.75, 3.05) is 11.9 Å². The zero-order valence-corrected chi connectivity index (χ0v) is 14.6. The first-order chi connectivity index (χ1) is 12.0. The van der Waals surface area contributed by atoms with Gasteiger partial charge in [0, 0.05) is 12.1 Å². The van der Waals surface area contributed by atoms with Gasteiger partial charge in [0.25, 0.3) is 5.91 Å². The molecule has 0 atom stereocenters. The predicted molar refractivity (Wildman–Crippen MR) is 97.2 cm³/mol. The number of nitrogens with zero attached hydrogens (tertiary/aromatic N) is 2. The molecule has 6 nitrogen and oxygen atoms in total. The molecule has 0 saturated carbocycles. The molecule has 6 heteroatoms. The normalized spacial score (nSPS) is 10.8. The zero-order chi connectivity index (χ0) is 18.0. The van der Waals surface area contributed by atoms with E-state index in [1.807, 2.05) is 31.5 Å². The fraction of sp³-hybridized carbons (Fsp3) is 0.263. The lowest BCUT2D eigenvalue weighted by Crippen LogP contribution is -2.13. The Hall–Kier alpha value is -3.02. The molecular formula is C19H21N3O3. The van der Waals surface area contributed by atoms with Crippen molar-refractivity contribution in [2.24, 2.45) is 0 Å². The number of anilines is 1. The molecule has 2 heterocycles. The van der Waals surface area contributed by atoms with Crippen LogP contribution >= 0.6 is 0 Å². The van der Waals surface area contributed by atoms with E-state index in [4.69, 9.17) is 9.15 Å². The van der Waals surface area contributed by atoms with Crippen molar-refractivity contribution in [1.29, 1.82) is 0 Å². The summed E-state index contributed by atoms with van der Waals surface area (Å²) in [5, 5.41) is 8.20. The maximum absolute atomic E-state index is 12.7. The third-order valence-electron chi connectivity index (χ3n) is 4.07. The Kier molecular flexibility index (Phi) is 4.61. The fourth-order valence-corrected chi connectivity index (χ4v) is 2.81. The number of fused-ring (bicyclic) bond motifs is 1.